The summed E-state index contributed by atoms with van der Waals surface area (Å²) in [4.78, 5) is 26.4. The Balaban J connectivity index is 1.74. The van der Waals surface area contributed by atoms with Crippen molar-refractivity contribution in [1.29, 1.82) is 0 Å². The highest BCUT2D eigenvalue weighted by atomic mass is 32.2. The van der Waals surface area contributed by atoms with Crippen LogP contribution >= 0.6 is 10.9 Å². The van der Waals surface area contributed by atoms with Crippen molar-refractivity contribution in [3.8, 4) is 0 Å². The lowest BCUT2D eigenvalue weighted by Crippen LogP contribution is -2.44. The predicted octanol–water partition coefficient (Wildman–Crippen LogP) is 3.17. The van der Waals surface area contributed by atoms with Gasteiger partial charge < -0.3 is 10.2 Å². The number of carbonyl (C=O) groups excluding carboxylic acids is 2. The lowest BCUT2D eigenvalue weighted by molar-refractivity contribution is -0.120. The Morgan fingerprint density at radius 3 is 2.57 bits per heavy atom. The Labute approximate surface area is 168 Å². The summed E-state index contributed by atoms with van der Waals surface area (Å²) in [6.07, 6.45) is 5.18. The van der Waals surface area contributed by atoms with E-state index in [-0.39, 0.29) is 16.8 Å². The first-order valence-electron chi connectivity index (χ1n) is 9.21. The van der Waals surface area contributed by atoms with Gasteiger partial charge in [-0.2, -0.15) is 0 Å². The number of hydroxylamine groups is 1. The second-order valence-electron chi connectivity index (χ2n) is 7.59. The van der Waals surface area contributed by atoms with Crippen LogP contribution in [0.15, 0.2) is 48.5 Å². The van der Waals surface area contributed by atoms with Crippen molar-refractivity contribution < 1.29 is 14.8 Å². The predicted molar refractivity (Wildman–Crippen MR) is 116 cm³/mol. The second-order valence-corrected chi connectivity index (χ2v) is 10.1. The maximum Gasteiger partial charge on any atom is 0.274 e. The first-order valence-corrected chi connectivity index (χ1v) is 11.6. The normalized spacial score (nSPS) is 19.5. The molecule has 1 unspecified atom stereocenters. The van der Waals surface area contributed by atoms with E-state index in [9.17, 15) is 9.59 Å². The van der Waals surface area contributed by atoms with Crippen LogP contribution in [-0.4, -0.2) is 41.6 Å². The molecule has 0 spiro atoms. The fourth-order valence-corrected chi connectivity index (χ4v) is 4.41. The average molecular weight is 402 g/mol. The van der Waals surface area contributed by atoms with Crippen LogP contribution in [0.5, 0.6) is 0 Å². The summed E-state index contributed by atoms with van der Waals surface area (Å²) in [6.45, 7) is 2.56. The van der Waals surface area contributed by atoms with Gasteiger partial charge in [-0.15, -0.1) is 0 Å². The van der Waals surface area contributed by atoms with Crippen molar-refractivity contribution in [3.05, 3.63) is 59.7 Å². The SMILES string of the molecule is C[SH](C)Cc1cccc(N2CCC(C)(Nc3ccc(C(=O)NO)cc3)C2=O)c1. The molecule has 28 heavy (non-hydrogen) atoms. The number of rotatable bonds is 6. The topological polar surface area (TPSA) is 81.7 Å². The van der Waals surface area contributed by atoms with Gasteiger partial charge in [-0.25, -0.2) is 5.48 Å². The van der Waals surface area contributed by atoms with Gasteiger partial charge in [-0.1, -0.05) is 12.1 Å². The maximum atomic E-state index is 13.2. The Hall–Kier alpha value is -2.51. The molecule has 1 atom stereocenters. The van der Waals surface area contributed by atoms with Crippen LogP contribution < -0.4 is 15.7 Å². The highest BCUT2D eigenvalue weighted by Gasteiger charge is 2.43. The van der Waals surface area contributed by atoms with Crippen molar-refractivity contribution in [2.24, 2.45) is 0 Å². The van der Waals surface area contributed by atoms with E-state index in [1.54, 1.807) is 29.7 Å². The van der Waals surface area contributed by atoms with E-state index in [4.69, 9.17) is 5.21 Å². The van der Waals surface area contributed by atoms with Crippen LogP contribution in [0.2, 0.25) is 0 Å². The van der Waals surface area contributed by atoms with Gasteiger partial charge in [0.2, 0.25) is 0 Å². The van der Waals surface area contributed by atoms with E-state index in [0.29, 0.717) is 18.5 Å². The zero-order chi connectivity index (χ0) is 20.3. The van der Waals surface area contributed by atoms with Gasteiger partial charge in [0.15, 0.2) is 0 Å². The van der Waals surface area contributed by atoms with Crippen molar-refractivity contribution in [2.45, 2.75) is 24.6 Å². The summed E-state index contributed by atoms with van der Waals surface area (Å²) in [7, 11) is -0.0335. The molecule has 0 aromatic heterocycles. The molecule has 7 heteroatoms. The Kier molecular flexibility index (Phi) is 5.96. The van der Waals surface area contributed by atoms with E-state index in [1.165, 1.54) is 5.56 Å². The van der Waals surface area contributed by atoms with Gasteiger partial charge in [0.25, 0.3) is 11.8 Å². The fraction of sp³-hybridized carbons (Fsp3) is 0.333. The molecule has 150 valence electrons. The van der Waals surface area contributed by atoms with Gasteiger partial charge in [-0.05, 0) is 73.6 Å². The van der Waals surface area contributed by atoms with E-state index >= 15 is 0 Å². The molecule has 3 rings (SSSR count). The number of hydrogen-bond acceptors (Lipinski definition) is 4. The highest BCUT2D eigenvalue weighted by Crippen LogP contribution is 2.32. The van der Waals surface area contributed by atoms with Crippen LogP contribution in [0.1, 0.15) is 29.3 Å². The molecule has 3 N–H and O–H groups in total. The van der Waals surface area contributed by atoms with Gasteiger partial charge in [0.1, 0.15) is 5.54 Å². The fourth-order valence-electron chi connectivity index (χ4n) is 3.48. The van der Waals surface area contributed by atoms with Gasteiger partial charge >= 0.3 is 0 Å². The summed E-state index contributed by atoms with van der Waals surface area (Å²) in [5.41, 5.74) is 4.21. The van der Waals surface area contributed by atoms with Crippen LogP contribution in [0.25, 0.3) is 0 Å². The van der Waals surface area contributed by atoms with Gasteiger partial charge in [-0.3, -0.25) is 25.7 Å². The molecule has 1 heterocycles. The summed E-state index contributed by atoms with van der Waals surface area (Å²) in [6, 6.07) is 14.9. The quantitative estimate of drug-likeness (QED) is 0.340. The van der Waals surface area contributed by atoms with Crippen molar-refractivity contribution in [3.63, 3.8) is 0 Å². The monoisotopic (exact) mass is 401 g/mol. The van der Waals surface area contributed by atoms with Crippen LogP contribution in [0.4, 0.5) is 11.4 Å². The summed E-state index contributed by atoms with van der Waals surface area (Å²) >= 11 is 0. The molecule has 6 nitrogen and oxygen atoms in total. The van der Waals surface area contributed by atoms with Crippen molar-refractivity contribution >= 4 is 34.1 Å². The number of thiol groups is 1. The number of nitrogens with zero attached hydrogens (tertiary/aromatic N) is 1. The number of carbonyl (C=O) groups is 2. The molecule has 1 aliphatic rings. The molecule has 2 aromatic rings. The molecule has 1 fully saturated rings. The summed E-state index contributed by atoms with van der Waals surface area (Å²) in [5, 5.41) is 12.0. The molecule has 0 radical (unpaired) electrons. The Bertz CT molecular complexity index is 869. The number of anilines is 2. The number of nitrogens with one attached hydrogen (secondary N) is 2. The standard InChI is InChI=1S/C21H27N3O3S/c1-21(22-17-9-7-16(8-10-17)19(25)23-27)11-12-24(20(21)26)18-6-4-5-15(13-18)14-28(2)3/h4-10,13,22,27-28H,11-12,14H2,1-3H3,(H,23,25). The number of benzene rings is 2. The molecule has 1 aliphatic heterocycles. The van der Waals surface area contributed by atoms with E-state index < -0.39 is 11.4 Å². The minimum atomic E-state index is -0.709. The van der Waals surface area contributed by atoms with E-state index in [1.807, 2.05) is 24.0 Å². The average Bonchev–Trinajstić information content (AvgIpc) is 2.96. The molecule has 1 saturated heterocycles. The highest BCUT2D eigenvalue weighted by molar-refractivity contribution is 8.15. The molecule has 0 saturated carbocycles. The second kappa shape index (κ2) is 8.24. The molecular weight excluding hydrogens is 374 g/mol. The van der Waals surface area contributed by atoms with Crippen LogP contribution in [-0.2, 0) is 10.5 Å². The molecule has 2 aromatic carbocycles. The van der Waals surface area contributed by atoms with E-state index in [2.05, 4.69) is 30.0 Å². The lowest BCUT2D eigenvalue weighted by atomic mass is 10.00. The third kappa shape index (κ3) is 4.31. The van der Waals surface area contributed by atoms with Crippen molar-refractivity contribution in [1.82, 2.24) is 5.48 Å². The van der Waals surface area contributed by atoms with Crippen molar-refractivity contribution in [2.75, 3.05) is 29.3 Å². The first-order chi connectivity index (χ1) is 13.3. The first kappa shape index (κ1) is 20.2. The number of hydrogen-bond donors (Lipinski definition) is 4. The van der Waals surface area contributed by atoms with Gasteiger partial charge in [0, 0.05) is 23.5 Å². The molecular formula is C21H27N3O3S. The number of amides is 2. The third-order valence-corrected chi connectivity index (χ3v) is 5.94. The van der Waals surface area contributed by atoms with Crippen LogP contribution in [0, 0.1) is 0 Å². The maximum absolute atomic E-state index is 13.2. The van der Waals surface area contributed by atoms with E-state index in [0.717, 1.165) is 17.1 Å². The Morgan fingerprint density at radius 2 is 1.93 bits per heavy atom. The third-order valence-electron chi connectivity index (χ3n) is 4.94. The Morgan fingerprint density at radius 1 is 1.21 bits per heavy atom. The largest absolute Gasteiger partial charge is 0.371 e. The zero-order valence-electron chi connectivity index (χ0n) is 16.4. The molecule has 0 bridgehead atoms. The minimum Gasteiger partial charge on any atom is -0.371 e. The molecule has 0 aliphatic carbocycles. The molecule has 2 amide bonds. The minimum absolute atomic E-state index is 0.0335. The summed E-state index contributed by atoms with van der Waals surface area (Å²) in [5.74, 6) is 0.523. The smallest absolute Gasteiger partial charge is 0.274 e. The lowest BCUT2D eigenvalue weighted by Gasteiger charge is -2.26. The van der Waals surface area contributed by atoms with Crippen LogP contribution in [0.3, 0.4) is 0 Å². The van der Waals surface area contributed by atoms with Gasteiger partial charge in [0.05, 0.1) is 0 Å². The zero-order valence-corrected chi connectivity index (χ0v) is 17.3. The summed E-state index contributed by atoms with van der Waals surface area (Å²) < 4.78 is 0.